The number of rotatable bonds is 1. The molecule has 2 unspecified atom stereocenters. The van der Waals surface area contributed by atoms with Gasteiger partial charge in [0, 0.05) is 35.7 Å². The Morgan fingerprint density at radius 1 is 1.27 bits per heavy atom. The molecule has 5 nitrogen and oxygen atoms in total. The molecule has 3 N–H and O–H groups in total. The number of hydrogen-bond acceptors (Lipinski definition) is 4. The van der Waals surface area contributed by atoms with E-state index in [0.717, 1.165) is 43.2 Å². The molecule has 7 atom stereocenters. The van der Waals surface area contributed by atoms with Crippen LogP contribution in [-0.4, -0.2) is 40.1 Å². The first-order chi connectivity index (χ1) is 14.3. The zero-order valence-corrected chi connectivity index (χ0v) is 18.2. The van der Waals surface area contributed by atoms with E-state index >= 15 is 0 Å². The Hall–Kier alpha value is -2.14. The molecule has 1 aliphatic heterocycles. The zero-order chi connectivity index (χ0) is 21.3. The van der Waals surface area contributed by atoms with Crippen LogP contribution in [0.25, 0.3) is 6.08 Å². The highest BCUT2D eigenvalue weighted by Crippen LogP contribution is 2.65. The topological polar surface area (TPSA) is 79.5 Å². The Morgan fingerprint density at radius 3 is 2.83 bits per heavy atom. The number of hydrogen-bond donors (Lipinski definition) is 2. The quantitative estimate of drug-likeness (QED) is 0.745. The van der Waals surface area contributed by atoms with E-state index in [1.807, 2.05) is 24.1 Å². The van der Waals surface area contributed by atoms with Gasteiger partial charge in [-0.05, 0) is 79.7 Å². The lowest BCUT2D eigenvalue weighted by atomic mass is 9.48. The van der Waals surface area contributed by atoms with E-state index in [0.29, 0.717) is 23.6 Å². The zero-order valence-electron chi connectivity index (χ0n) is 18.2. The third-order valence-electron chi connectivity index (χ3n) is 9.21. The van der Waals surface area contributed by atoms with Gasteiger partial charge in [-0.2, -0.15) is 0 Å². The number of aliphatic hydroxyl groups is 1. The van der Waals surface area contributed by atoms with Crippen molar-refractivity contribution in [2.75, 3.05) is 12.8 Å². The van der Waals surface area contributed by atoms with Crippen LogP contribution >= 0.6 is 0 Å². The molecule has 30 heavy (non-hydrogen) atoms. The van der Waals surface area contributed by atoms with Crippen molar-refractivity contribution in [3.63, 3.8) is 0 Å². The van der Waals surface area contributed by atoms with Gasteiger partial charge in [-0.25, -0.2) is 4.98 Å². The van der Waals surface area contributed by atoms with Gasteiger partial charge >= 0.3 is 0 Å². The fourth-order valence-electron chi connectivity index (χ4n) is 7.49. The monoisotopic (exact) mass is 407 g/mol. The molecule has 3 saturated carbocycles. The number of pyridine rings is 1. The number of anilines is 1. The Labute approximate surface area is 179 Å². The SMILES string of the molecule is CN1C(=O)C=C[C@@]2(C)C1CC[C@@H]1[C@H]2CC[C@]2(C)C(O)C(=Cc3cccnc3N)C[C@@H]12. The maximum Gasteiger partial charge on any atom is 0.246 e. The summed E-state index contributed by atoms with van der Waals surface area (Å²) in [5.74, 6) is 2.24. The van der Waals surface area contributed by atoms with Crippen molar-refractivity contribution in [1.29, 1.82) is 0 Å². The number of likely N-dealkylation sites (N-methyl/N-ethyl adjacent to an activating group) is 1. The second-order valence-corrected chi connectivity index (χ2v) is 10.5. The molecule has 0 saturated heterocycles. The lowest BCUT2D eigenvalue weighted by molar-refractivity contribution is -0.140. The predicted molar refractivity (Wildman–Crippen MR) is 118 cm³/mol. The van der Waals surface area contributed by atoms with E-state index in [-0.39, 0.29) is 22.8 Å². The summed E-state index contributed by atoms with van der Waals surface area (Å²) in [6, 6.07) is 4.16. The van der Waals surface area contributed by atoms with Gasteiger partial charge in [0.2, 0.25) is 5.91 Å². The molecule has 160 valence electrons. The maximum absolute atomic E-state index is 12.3. The molecule has 1 aromatic rings. The van der Waals surface area contributed by atoms with Gasteiger partial charge in [0.1, 0.15) is 5.82 Å². The first-order valence-corrected chi connectivity index (χ1v) is 11.3. The number of nitrogens with zero attached hydrogens (tertiary/aromatic N) is 2. The third kappa shape index (κ3) is 2.64. The number of fused-ring (bicyclic) bond motifs is 5. The molecule has 0 spiro atoms. The van der Waals surface area contributed by atoms with E-state index in [1.54, 1.807) is 12.3 Å². The lowest BCUT2D eigenvalue weighted by Crippen LogP contribution is -2.59. The predicted octanol–water partition coefficient (Wildman–Crippen LogP) is 3.66. The van der Waals surface area contributed by atoms with Gasteiger partial charge < -0.3 is 15.7 Å². The standard InChI is InChI=1S/C25H33N3O2/c1-24-11-9-21(29)28(3)20(24)7-6-17-18(24)8-10-25(2)19(17)14-16(22(25)30)13-15-5-4-12-27-23(15)26/h4-5,9,11-13,17-20,22,30H,6-8,10,14H2,1-3H3,(H2,26,27)/t17-,18-,19+,20?,22?,24-,25+/m1/s1. The van der Waals surface area contributed by atoms with E-state index in [2.05, 4.69) is 31.0 Å². The number of nitrogen functional groups attached to an aromatic ring is 1. The molecular formula is C25H33N3O2. The molecule has 3 fully saturated rings. The minimum Gasteiger partial charge on any atom is -0.388 e. The first-order valence-electron chi connectivity index (χ1n) is 11.3. The van der Waals surface area contributed by atoms with Crippen LogP contribution in [-0.2, 0) is 4.79 Å². The fourth-order valence-corrected chi connectivity index (χ4v) is 7.49. The maximum atomic E-state index is 12.3. The molecule has 4 aliphatic rings. The Balaban J connectivity index is 1.49. The molecule has 0 bridgehead atoms. The van der Waals surface area contributed by atoms with Crippen molar-refractivity contribution in [2.24, 2.45) is 28.6 Å². The van der Waals surface area contributed by atoms with Crippen LogP contribution in [0, 0.1) is 28.6 Å². The summed E-state index contributed by atoms with van der Waals surface area (Å²) in [7, 11) is 1.96. The van der Waals surface area contributed by atoms with Crippen LogP contribution < -0.4 is 5.73 Å². The van der Waals surface area contributed by atoms with Crippen LogP contribution in [0.15, 0.2) is 36.1 Å². The molecule has 1 amide bonds. The van der Waals surface area contributed by atoms with Gasteiger partial charge in [-0.15, -0.1) is 0 Å². The number of aromatic nitrogens is 1. The van der Waals surface area contributed by atoms with E-state index < -0.39 is 6.10 Å². The highest BCUT2D eigenvalue weighted by atomic mass is 16.3. The summed E-state index contributed by atoms with van der Waals surface area (Å²) in [4.78, 5) is 18.4. The van der Waals surface area contributed by atoms with Crippen LogP contribution in [0.1, 0.15) is 51.5 Å². The molecule has 5 rings (SSSR count). The Morgan fingerprint density at radius 2 is 2.07 bits per heavy atom. The third-order valence-corrected chi connectivity index (χ3v) is 9.21. The number of carbonyl (C=O) groups is 1. The van der Waals surface area contributed by atoms with Gasteiger partial charge in [0.05, 0.1) is 6.10 Å². The molecule has 0 radical (unpaired) electrons. The van der Waals surface area contributed by atoms with Crippen molar-refractivity contribution in [2.45, 2.75) is 58.1 Å². The van der Waals surface area contributed by atoms with Crippen molar-refractivity contribution in [3.05, 3.63) is 41.6 Å². The van der Waals surface area contributed by atoms with Crippen molar-refractivity contribution in [3.8, 4) is 0 Å². The minimum absolute atomic E-state index is 0.0259. The average molecular weight is 408 g/mol. The number of aliphatic hydroxyl groups excluding tert-OH is 1. The fraction of sp³-hybridized carbons (Fsp3) is 0.600. The van der Waals surface area contributed by atoms with Crippen LogP contribution in [0.2, 0.25) is 0 Å². The molecule has 1 aromatic heterocycles. The number of nitrogens with two attached hydrogens (primary N) is 1. The van der Waals surface area contributed by atoms with Crippen molar-refractivity contribution in [1.82, 2.24) is 9.88 Å². The first kappa shape index (κ1) is 19.8. The van der Waals surface area contributed by atoms with E-state index in [1.165, 1.54) is 0 Å². The van der Waals surface area contributed by atoms with Gasteiger partial charge in [0.15, 0.2) is 0 Å². The average Bonchev–Trinajstić information content (AvgIpc) is 2.98. The minimum atomic E-state index is -0.431. The van der Waals surface area contributed by atoms with E-state index in [9.17, 15) is 9.90 Å². The molecular weight excluding hydrogens is 374 g/mol. The smallest absolute Gasteiger partial charge is 0.246 e. The lowest BCUT2D eigenvalue weighted by Gasteiger charge is -2.59. The molecule has 2 heterocycles. The second kappa shape index (κ2) is 6.68. The van der Waals surface area contributed by atoms with E-state index in [4.69, 9.17) is 5.73 Å². The summed E-state index contributed by atoms with van der Waals surface area (Å²) in [5, 5.41) is 11.4. The Kier molecular flexibility index (Phi) is 4.41. The summed E-state index contributed by atoms with van der Waals surface area (Å²) < 4.78 is 0. The summed E-state index contributed by atoms with van der Waals surface area (Å²) in [6.45, 7) is 4.64. The molecule has 3 aliphatic carbocycles. The molecule has 5 heteroatoms. The van der Waals surface area contributed by atoms with Crippen molar-refractivity contribution < 1.29 is 9.90 Å². The summed E-state index contributed by atoms with van der Waals surface area (Å²) in [6.07, 6.45) is 12.6. The highest BCUT2D eigenvalue weighted by Gasteiger charge is 2.61. The van der Waals surface area contributed by atoms with Gasteiger partial charge in [-0.1, -0.05) is 19.9 Å². The van der Waals surface area contributed by atoms with Gasteiger partial charge in [-0.3, -0.25) is 4.79 Å². The second-order valence-electron chi connectivity index (χ2n) is 10.5. The van der Waals surface area contributed by atoms with Crippen LogP contribution in [0.5, 0.6) is 0 Å². The normalized spacial score (nSPS) is 44.0. The number of carbonyl (C=O) groups excluding carboxylic acids is 1. The highest BCUT2D eigenvalue weighted by molar-refractivity contribution is 5.89. The van der Waals surface area contributed by atoms with Crippen LogP contribution in [0.4, 0.5) is 5.82 Å². The van der Waals surface area contributed by atoms with Crippen LogP contribution in [0.3, 0.4) is 0 Å². The molecule has 0 aromatic carbocycles. The largest absolute Gasteiger partial charge is 0.388 e. The summed E-state index contributed by atoms with van der Waals surface area (Å²) in [5.41, 5.74) is 8.00. The number of amides is 1. The Bertz CT molecular complexity index is 940. The van der Waals surface area contributed by atoms with Crippen molar-refractivity contribution >= 4 is 17.8 Å². The van der Waals surface area contributed by atoms with Gasteiger partial charge in [0.25, 0.3) is 0 Å². The summed E-state index contributed by atoms with van der Waals surface area (Å²) >= 11 is 0.